The summed E-state index contributed by atoms with van der Waals surface area (Å²) in [5, 5.41) is 3.17. The van der Waals surface area contributed by atoms with Crippen molar-refractivity contribution in [1.82, 2.24) is 21.2 Å². The second-order valence-corrected chi connectivity index (χ2v) is 7.09. The summed E-state index contributed by atoms with van der Waals surface area (Å²) in [6.45, 7) is 8.61. The van der Waals surface area contributed by atoms with Crippen LogP contribution in [-0.4, -0.2) is 23.0 Å². The quantitative estimate of drug-likeness (QED) is 0.793. The van der Waals surface area contributed by atoms with Gasteiger partial charge in [0.25, 0.3) is 0 Å². The van der Waals surface area contributed by atoms with Crippen LogP contribution in [0.25, 0.3) is 0 Å². The van der Waals surface area contributed by atoms with Gasteiger partial charge in [-0.05, 0) is 36.8 Å². The summed E-state index contributed by atoms with van der Waals surface area (Å²) in [6, 6.07) is 4.07. The van der Waals surface area contributed by atoms with Gasteiger partial charge in [-0.15, -0.1) is 0 Å². The molecule has 1 aliphatic rings. The minimum absolute atomic E-state index is 0.0103. The number of hydrogen-bond donors (Lipinski definition) is 3. The number of amides is 1. The number of nitrogens with zero attached hydrogens (tertiary/aromatic N) is 1. The van der Waals surface area contributed by atoms with E-state index in [9.17, 15) is 4.79 Å². The van der Waals surface area contributed by atoms with Gasteiger partial charge in [0.15, 0.2) is 0 Å². The Kier molecular flexibility index (Phi) is 4.96. The van der Waals surface area contributed by atoms with E-state index in [0.29, 0.717) is 6.04 Å². The zero-order chi connectivity index (χ0) is 15.5. The first-order valence-electron chi connectivity index (χ1n) is 7.56. The first-order valence-corrected chi connectivity index (χ1v) is 7.56. The van der Waals surface area contributed by atoms with Crippen LogP contribution < -0.4 is 16.2 Å². The monoisotopic (exact) mass is 290 g/mol. The van der Waals surface area contributed by atoms with Gasteiger partial charge in [-0.1, -0.05) is 26.8 Å². The Bertz CT molecular complexity index is 469. The molecular formula is C16H26N4O. The summed E-state index contributed by atoms with van der Waals surface area (Å²) in [4.78, 5) is 16.6. The lowest BCUT2D eigenvalue weighted by Crippen LogP contribution is -2.45. The molecular weight excluding hydrogens is 264 g/mol. The van der Waals surface area contributed by atoms with Gasteiger partial charge in [0.05, 0.1) is 6.04 Å². The third-order valence-corrected chi connectivity index (χ3v) is 3.63. The highest BCUT2D eigenvalue weighted by atomic mass is 16.2. The van der Waals surface area contributed by atoms with Crippen molar-refractivity contribution >= 4 is 5.91 Å². The molecule has 3 atom stereocenters. The van der Waals surface area contributed by atoms with E-state index in [-0.39, 0.29) is 23.4 Å². The van der Waals surface area contributed by atoms with Crippen molar-refractivity contribution in [3.05, 3.63) is 30.1 Å². The number of rotatable bonds is 4. The molecule has 116 valence electrons. The number of aromatic nitrogens is 1. The molecule has 21 heavy (non-hydrogen) atoms. The fraction of sp³-hybridized carbons (Fsp3) is 0.625. The standard InChI is InChI=1S/C16H26N4O/c1-11-8-13(20-19-11)15(21)18-14(9-16(2,3)4)12-6-5-7-17-10-12/h5-7,10-11,13-14,19-20H,8-9H2,1-4H3,(H,18,21). The van der Waals surface area contributed by atoms with Crippen molar-refractivity contribution in [2.24, 2.45) is 5.41 Å². The lowest BCUT2D eigenvalue weighted by molar-refractivity contribution is -0.123. The van der Waals surface area contributed by atoms with E-state index < -0.39 is 0 Å². The van der Waals surface area contributed by atoms with Gasteiger partial charge in [0.1, 0.15) is 6.04 Å². The van der Waals surface area contributed by atoms with Crippen LogP contribution in [0.4, 0.5) is 0 Å². The predicted molar refractivity (Wildman–Crippen MR) is 83.3 cm³/mol. The van der Waals surface area contributed by atoms with Crippen molar-refractivity contribution in [3.63, 3.8) is 0 Å². The van der Waals surface area contributed by atoms with Crippen molar-refractivity contribution < 1.29 is 4.79 Å². The SMILES string of the molecule is CC1CC(C(=O)NC(CC(C)(C)C)c2cccnc2)NN1. The second kappa shape index (κ2) is 6.54. The molecule has 0 saturated carbocycles. The molecule has 0 radical (unpaired) electrons. The molecule has 3 N–H and O–H groups in total. The average molecular weight is 290 g/mol. The third-order valence-electron chi connectivity index (χ3n) is 3.63. The highest BCUT2D eigenvalue weighted by molar-refractivity contribution is 5.82. The first kappa shape index (κ1) is 15.9. The van der Waals surface area contributed by atoms with Gasteiger partial charge in [-0.25, -0.2) is 5.43 Å². The van der Waals surface area contributed by atoms with E-state index in [1.807, 2.05) is 18.3 Å². The number of hydrazine groups is 1. The van der Waals surface area contributed by atoms with Crippen LogP contribution >= 0.6 is 0 Å². The molecule has 3 unspecified atom stereocenters. The lowest BCUT2D eigenvalue weighted by atomic mass is 9.85. The number of nitrogens with one attached hydrogen (secondary N) is 3. The van der Waals surface area contributed by atoms with Crippen LogP contribution in [0, 0.1) is 5.41 Å². The Labute approximate surface area is 126 Å². The summed E-state index contributed by atoms with van der Waals surface area (Å²) in [7, 11) is 0. The molecule has 0 aromatic carbocycles. The normalized spacial score (nSPS) is 23.8. The Morgan fingerprint density at radius 2 is 2.24 bits per heavy atom. The maximum absolute atomic E-state index is 12.4. The number of pyridine rings is 1. The topological polar surface area (TPSA) is 66.0 Å². The minimum atomic E-state index is -0.167. The van der Waals surface area contributed by atoms with Crippen LogP contribution in [0.15, 0.2) is 24.5 Å². The Hall–Kier alpha value is -1.46. The van der Waals surface area contributed by atoms with Gasteiger partial charge in [-0.3, -0.25) is 15.2 Å². The van der Waals surface area contributed by atoms with E-state index >= 15 is 0 Å². The predicted octanol–water partition coefficient (Wildman–Crippen LogP) is 1.93. The smallest absolute Gasteiger partial charge is 0.239 e. The first-order chi connectivity index (χ1) is 9.85. The van der Waals surface area contributed by atoms with Crippen LogP contribution in [0.3, 0.4) is 0 Å². The van der Waals surface area contributed by atoms with E-state index in [1.54, 1.807) is 6.20 Å². The molecule has 2 rings (SSSR count). The Balaban J connectivity index is 2.07. The largest absolute Gasteiger partial charge is 0.348 e. The van der Waals surface area contributed by atoms with Crippen LogP contribution in [0.1, 0.15) is 52.1 Å². The molecule has 1 fully saturated rings. The molecule has 1 saturated heterocycles. The van der Waals surface area contributed by atoms with Crippen molar-refractivity contribution in [1.29, 1.82) is 0 Å². The van der Waals surface area contributed by atoms with Crippen molar-refractivity contribution in [3.8, 4) is 0 Å². The maximum Gasteiger partial charge on any atom is 0.239 e. The van der Waals surface area contributed by atoms with Crippen LogP contribution in [0.5, 0.6) is 0 Å². The summed E-state index contributed by atoms with van der Waals surface area (Å²) in [5.41, 5.74) is 7.32. The zero-order valence-electron chi connectivity index (χ0n) is 13.3. The second-order valence-electron chi connectivity index (χ2n) is 7.09. The summed E-state index contributed by atoms with van der Waals surface area (Å²) in [6.07, 6.45) is 5.27. The van der Waals surface area contributed by atoms with Gasteiger partial charge in [0.2, 0.25) is 5.91 Å². The van der Waals surface area contributed by atoms with E-state index in [1.165, 1.54) is 0 Å². The van der Waals surface area contributed by atoms with Crippen molar-refractivity contribution in [2.75, 3.05) is 0 Å². The molecule has 0 spiro atoms. The Morgan fingerprint density at radius 1 is 1.48 bits per heavy atom. The molecule has 1 aromatic heterocycles. The molecule has 1 aromatic rings. The summed E-state index contributed by atoms with van der Waals surface area (Å²) < 4.78 is 0. The van der Waals surface area contributed by atoms with Crippen LogP contribution in [-0.2, 0) is 4.79 Å². The highest BCUT2D eigenvalue weighted by Crippen LogP contribution is 2.29. The molecule has 2 heterocycles. The molecule has 0 aliphatic carbocycles. The fourth-order valence-corrected chi connectivity index (χ4v) is 2.61. The van der Waals surface area contributed by atoms with Crippen molar-refractivity contribution in [2.45, 2.75) is 58.7 Å². The lowest BCUT2D eigenvalue weighted by Gasteiger charge is -2.28. The van der Waals surface area contributed by atoms with Gasteiger partial charge < -0.3 is 5.32 Å². The summed E-state index contributed by atoms with van der Waals surface area (Å²) >= 11 is 0. The number of carbonyl (C=O) groups excluding carboxylic acids is 1. The minimum Gasteiger partial charge on any atom is -0.348 e. The van der Waals surface area contributed by atoms with E-state index in [0.717, 1.165) is 18.4 Å². The van der Waals surface area contributed by atoms with Gasteiger partial charge >= 0.3 is 0 Å². The number of hydrogen-bond acceptors (Lipinski definition) is 4. The summed E-state index contributed by atoms with van der Waals surface area (Å²) in [5.74, 6) is 0.0463. The Morgan fingerprint density at radius 3 is 2.76 bits per heavy atom. The molecule has 0 bridgehead atoms. The van der Waals surface area contributed by atoms with Crippen LogP contribution in [0.2, 0.25) is 0 Å². The fourth-order valence-electron chi connectivity index (χ4n) is 2.61. The molecule has 1 amide bonds. The third kappa shape index (κ3) is 4.79. The molecule has 1 aliphatic heterocycles. The number of carbonyl (C=O) groups is 1. The van der Waals surface area contributed by atoms with E-state index in [2.05, 4.69) is 48.8 Å². The molecule has 5 nitrogen and oxygen atoms in total. The average Bonchev–Trinajstić information content (AvgIpc) is 2.84. The zero-order valence-corrected chi connectivity index (χ0v) is 13.3. The van der Waals surface area contributed by atoms with E-state index in [4.69, 9.17) is 0 Å². The van der Waals surface area contributed by atoms with Gasteiger partial charge in [0, 0.05) is 18.4 Å². The maximum atomic E-state index is 12.4. The van der Waals surface area contributed by atoms with Gasteiger partial charge in [-0.2, -0.15) is 0 Å². The molecule has 5 heteroatoms. The highest BCUT2D eigenvalue weighted by Gasteiger charge is 2.29.